The van der Waals surface area contributed by atoms with Gasteiger partial charge < -0.3 is 10.0 Å². The highest BCUT2D eigenvalue weighted by molar-refractivity contribution is 6.10. The van der Waals surface area contributed by atoms with Crippen molar-refractivity contribution in [2.45, 2.75) is 0 Å². The van der Waals surface area contributed by atoms with Gasteiger partial charge in [-0.2, -0.15) is 0 Å². The molecule has 0 aliphatic heterocycles. The van der Waals surface area contributed by atoms with Crippen LogP contribution in [0.4, 0.5) is 5.69 Å². The second kappa shape index (κ2) is 7.26. The van der Waals surface area contributed by atoms with E-state index in [2.05, 4.69) is 5.32 Å². The van der Waals surface area contributed by atoms with Gasteiger partial charge in [0.15, 0.2) is 0 Å². The van der Waals surface area contributed by atoms with E-state index in [0.717, 1.165) is 11.3 Å². The smallest absolute Gasteiger partial charge is 0.261 e. The molecule has 2 aromatic carbocycles. The van der Waals surface area contributed by atoms with Crippen LogP contribution in [-0.2, 0) is 4.79 Å². The number of nitrogens with zero attached hydrogens (tertiary/aromatic N) is 1. The number of anilines is 1. The Morgan fingerprint density at radius 2 is 1.70 bits per heavy atom. The number of amides is 2. The molecule has 0 unspecified atom stereocenters. The van der Waals surface area contributed by atoms with Crippen LogP contribution in [0.15, 0.2) is 54.6 Å². The molecule has 2 N–H and O–H groups in total. The number of hydrogen-bond donors (Lipinski definition) is 2. The Morgan fingerprint density at radius 1 is 1.04 bits per heavy atom. The Morgan fingerprint density at radius 3 is 2.30 bits per heavy atom. The van der Waals surface area contributed by atoms with Crippen LogP contribution in [0.5, 0.6) is 5.75 Å². The lowest BCUT2D eigenvalue weighted by atomic mass is 10.1. The first kappa shape index (κ1) is 16.3. The van der Waals surface area contributed by atoms with Crippen LogP contribution in [0, 0.1) is 0 Å². The number of carbonyl (C=O) groups excluding carboxylic acids is 2. The standard InChI is InChI=1S/C18H18N2O3/c1-20(2)14-10-7-13(8-11-14)9-12-17(22)19-18(23)15-5-3-4-6-16(15)21/h3-12,21H,1-2H3,(H,19,22,23). The number of aromatic hydroxyl groups is 1. The average molecular weight is 310 g/mol. The highest BCUT2D eigenvalue weighted by Gasteiger charge is 2.11. The first-order chi connectivity index (χ1) is 11.0. The van der Waals surface area contributed by atoms with E-state index < -0.39 is 11.8 Å². The minimum atomic E-state index is -0.638. The monoisotopic (exact) mass is 310 g/mol. The Labute approximate surface area is 134 Å². The maximum atomic E-state index is 11.9. The van der Waals surface area contributed by atoms with E-state index in [9.17, 15) is 14.7 Å². The van der Waals surface area contributed by atoms with E-state index in [0.29, 0.717) is 0 Å². The number of nitrogens with one attached hydrogen (secondary N) is 1. The molecule has 0 heterocycles. The highest BCUT2D eigenvalue weighted by atomic mass is 16.3. The maximum absolute atomic E-state index is 11.9. The molecule has 0 bridgehead atoms. The van der Waals surface area contributed by atoms with Gasteiger partial charge >= 0.3 is 0 Å². The maximum Gasteiger partial charge on any atom is 0.261 e. The van der Waals surface area contributed by atoms with Crippen molar-refractivity contribution in [2.75, 3.05) is 19.0 Å². The molecule has 0 fully saturated rings. The first-order valence-electron chi connectivity index (χ1n) is 7.06. The minimum absolute atomic E-state index is 0.0598. The molecule has 2 aromatic rings. The summed E-state index contributed by atoms with van der Waals surface area (Å²) in [5.74, 6) is -1.35. The van der Waals surface area contributed by atoms with Gasteiger partial charge in [0.05, 0.1) is 5.56 Å². The van der Waals surface area contributed by atoms with E-state index in [1.807, 2.05) is 43.3 Å². The van der Waals surface area contributed by atoms with Crippen molar-refractivity contribution >= 4 is 23.6 Å². The number of rotatable bonds is 4. The van der Waals surface area contributed by atoms with Gasteiger partial charge in [-0.15, -0.1) is 0 Å². The summed E-state index contributed by atoms with van der Waals surface area (Å²) >= 11 is 0. The van der Waals surface area contributed by atoms with Gasteiger partial charge in [0.1, 0.15) is 5.75 Å². The molecule has 5 nitrogen and oxygen atoms in total. The van der Waals surface area contributed by atoms with Gasteiger partial charge in [-0.3, -0.25) is 14.9 Å². The molecule has 23 heavy (non-hydrogen) atoms. The van der Waals surface area contributed by atoms with E-state index in [4.69, 9.17) is 0 Å². The fraction of sp³-hybridized carbons (Fsp3) is 0.111. The van der Waals surface area contributed by atoms with Crippen LogP contribution < -0.4 is 10.2 Å². The summed E-state index contributed by atoms with van der Waals surface area (Å²) in [5, 5.41) is 11.8. The molecule has 0 radical (unpaired) electrons. The SMILES string of the molecule is CN(C)c1ccc(C=CC(=O)NC(=O)c2ccccc2O)cc1. The van der Waals surface area contributed by atoms with E-state index in [1.165, 1.54) is 18.2 Å². The predicted octanol–water partition coefficient (Wildman–Crippen LogP) is 2.43. The third-order valence-electron chi connectivity index (χ3n) is 3.22. The third kappa shape index (κ3) is 4.44. The normalized spacial score (nSPS) is 10.5. The third-order valence-corrected chi connectivity index (χ3v) is 3.22. The zero-order valence-corrected chi connectivity index (χ0v) is 13.0. The van der Waals surface area contributed by atoms with Crippen LogP contribution in [-0.4, -0.2) is 31.0 Å². The molecule has 118 valence electrons. The second-order valence-electron chi connectivity index (χ2n) is 5.15. The fourth-order valence-electron chi connectivity index (χ4n) is 1.94. The minimum Gasteiger partial charge on any atom is -0.507 e. The summed E-state index contributed by atoms with van der Waals surface area (Å²) in [6.45, 7) is 0. The lowest BCUT2D eigenvalue weighted by Crippen LogP contribution is -2.28. The molecule has 0 saturated carbocycles. The van der Waals surface area contributed by atoms with Crippen LogP contribution >= 0.6 is 0 Å². The van der Waals surface area contributed by atoms with Crippen molar-refractivity contribution in [3.05, 3.63) is 65.7 Å². The first-order valence-corrected chi connectivity index (χ1v) is 7.06. The summed E-state index contributed by atoms with van der Waals surface area (Å²) in [5.41, 5.74) is 1.96. The molecule has 0 aromatic heterocycles. The van der Waals surface area contributed by atoms with Crippen LogP contribution in [0.2, 0.25) is 0 Å². The van der Waals surface area contributed by atoms with E-state index in [-0.39, 0.29) is 11.3 Å². The zero-order valence-electron chi connectivity index (χ0n) is 13.0. The number of hydrogen-bond acceptors (Lipinski definition) is 4. The molecule has 0 aliphatic carbocycles. The number of imide groups is 1. The Hall–Kier alpha value is -3.08. The van der Waals surface area contributed by atoms with E-state index in [1.54, 1.807) is 18.2 Å². The summed E-state index contributed by atoms with van der Waals surface area (Å²) < 4.78 is 0. The molecule has 0 saturated heterocycles. The largest absolute Gasteiger partial charge is 0.507 e. The summed E-state index contributed by atoms with van der Waals surface area (Å²) in [6.07, 6.45) is 2.90. The van der Waals surface area contributed by atoms with Gasteiger partial charge in [0.2, 0.25) is 0 Å². The van der Waals surface area contributed by atoms with Crippen molar-refractivity contribution in [3.63, 3.8) is 0 Å². The molecule has 0 atom stereocenters. The fourth-order valence-corrected chi connectivity index (χ4v) is 1.94. The number of phenols is 1. The number of carbonyl (C=O) groups is 2. The van der Waals surface area contributed by atoms with Gasteiger partial charge in [-0.05, 0) is 35.9 Å². The van der Waals surface area contributed by atoms with Crippen molar-refractivity contribution in [1.82, 2.24) is 5.32 Å². The van der Waals surface area contributed by atoms with Gasteiger partial charge in [-0.1, -0.05) is 24.3 Å². The molecule has 2 amide bonds. The summed E-state index contributed by atoms with van der Waals surface area (Å²) in [7, 11) is 3.89. The highest BCUT2D eigenvalue weighted by Crippen LogP contribution is 2.15. The van der Waals surface area contributed by atoms with Crippen LogP contribution in [0.1, 0.15) is 15.9 Å². The van der Waals surface area contributed by atoms with Crippen molar-refractivity contribution < 1.29 is 14.7 Å². The zero-order chi connectivity index (χ0) is 16.8. The van der Waals surface area contributed by atoms with Gasteiger partial charge in [0, 0.05) is 25.9 Å². The van der Waals surface area contributed by atoms with Crippen molar-refractivity contribution in [1.29, 1.82) is 0 Å². The second-order valence-corrected chi connectivity index (χ2v) is 5.15. The van der Waals surface area contributed by atoms with Gasteiger partial charge in [-0.25, -0.2) is 0 Å². The Balaban J connectivity index is 1.99. The van der Waals surface area contributed by atoms with Crippen molar-refractivity contribution in [3.8, 4) is 5.75 Å². The average Bonchev–Trinajstić information content (AvgIpc) is 2.53. The topological polar surface area (TPSA) is 69.6 Å². The van der Waals surface area contributed by atoms with Crippen LogP contribution in [0.25, 0.3) is 6.08 Å². The summed E-state index contributed by atoms with van der Waals surface area (Å²) in [6, 6.07) is 13.7. The van der Waals surface area contributed by atoms with Crippen molar-refractivity contribution in [2.24, 2.45) is 0 Å². The Kier molecular flexibility index (Phi) is 5.15. The number of phenolic OH excluding ortho intramolecular Hbond substituents is 1. The van der Waals surface area contributed by atoms with Crippen LogP contribution in [0.3, 0.4) is 0 Å². The molecular weight excluding hydrogens is 292 g/mol. The molecule has 5 heteroatoms. The molecule has 0 aliphatic rings. The number of benzene rings is 2. The lowest BCUT2D eigenvalue weighted by Gasteiger charge is -2.11. The molecule has 2 rings (SSSR count). The quantitative estimate of drug-likeness (QED) is 0.851. The Bertz CT molecular complexity index is 734. The van der Waals surface area contributed by atoms with E-state index >= 15 is 0 Å². The summed E-state index contributed by atoms with van der Waals surface area (Å²) in [4.78, 5) is 25.6. The molecular formula is C18H18N2O3. The molecule has 0 spiro atoms. The predicted molar refractivity (Wildman–Crippen MR) is 90.4 cm³/mol. The lowest BCUT2D eigenvalue weighted by molar-refractivity contribution is -0.115. The van der Waals surface area contributed by atoms with Gasteiger partial charge in [0.25, 0.3) is 11.8 Å². The number of para-hydroxylation sites is 1.